The highest BCUT2D eigenvalue weighted by atomic mass is 32.2. The number of rotatable bonds is 0. The molecule has 0 atom stereocenters. The minimum Gasteiger partial charge on any atom is -0.359 e. The molecule has 1 nitrogen and oxygen atoms in total. The summed E-state index contributed by atoms with van der Waals surface area (Å²) in [5.74, 6) is 0. The molecule has 0 aromatic carbocycles. The Bertz CT molecular complexity index is 142. The van der Waals surface area contributed by atoms with Gasteiger partial charge in [-0.3, -0.25) is 0 Å². The third-order valence-electron chi connectivity index (χ3n) is 1.29. The maximum atomic E-state index is 5.08. The zero-order chi connectivity index (χ0) is 7.07. The molecule has 9 heavy (non-hydrogen) atoms. The second-order valence-electron chi connectivity index (χ2n) is 2.98. The van der Waals surface area contributed by atoms with Crippen LogP contribution in [0.5, 0.6) is 0 Å². The van der Waals surface area contributed by atoms with Crippen LogP contribution < -0.4 is 0 Å². The highest BCUT2D eigenvalue weighted by Gasteiger charge is 2.31. The minimum atomic E-state index is 0.339. The molecule has 1 aliphatic rings. The predicted molar refractivity (Wildman–Crippen MR) is 46.9 cm³/mol. The third kappa shape index (κ3) is 1.58. The van der Waals surface area contributed by atoms with Crippen LogP contribution in [-0.4, -0.2) is 27.6 Å². The summed E-state index contributed by atoms with van der Waals surface area (Å²) in [6.45, 7) is 5.51. The first kappa shape index (κ1) is 7.35. The molecule has 52 valence electrons. The van der Waals surface area contributed by atoms with Crippen molar-refractivity contribution in [3.63, 3.8) is 0 Å². The molecule has 1 rings (SSSR count). The molecule has 0 saturated carbocycles. The van der Waals surface area contributed by atoms with Crippen LogP contribution >= 0.6 is 24.0 Å². The Balaban J connectivity index is 2.65. The molecule has 3 heteroatoms. The molecule has 0 amide bonds. The Kier molecular flexibility index (Phi) is 1.74. The summed E-state index contributed by atoms with van der Waals surface area (Å²) in [7, 11) is 2.05. The summed E-state index contributed by atoms with van der Waals surface area (Å²) in [6, 6.07) is 0. The molecule has 1 saturated heterocycles. The topological polar surface area (TPSA) is 3.24 Å². The van der Waals surface area contributed by atoms with Gasteiger partial charge in [0.05, 0.1) is 0 Å². The standard InChI is InChI=1S/C6H11NS2/c1-6(2)4-7(3)5(8)9-6/h4H2,1-3H3. The van der Waals surface area contributed by atoms with Crippen molar-refractivity contribution < 1.29 is 0 Å². The van der Waals surface area contributed by atoms with Gasteiger partial charge in [-0.05, 0) is 13.8 Å². The van der Waals surface area contributed by atoms with Gasteiger partial charge in [0.25, 0.3) is 0 Å². The summed E-state index contributed by atoms with van der Waals surface area (Å²) < 4.78 is 1.37. The van der Waals surface area contributed by atoms with E-state index < -0.39 is 0 Å². The van der Waals surface area contributed by atoms with Gasteiger partial charge in [-0.25, -0.2) is 0 Å². The Morgan fingerprint density at radius 1 is 1.67 bits per heavy atom. The van der Waals surface area contributed by atoms with Crippen LogP contribution in [0.15, 0.2) is 0 Å². The van der Waals surface area contributed by atoms with E-state index in [1.54, 1.807) is 11.8 Å². The Morgan fingerprint density at radius 3 is 2.33 bits per heavy atom. The number of hydrogen-bond acceptors (Lipinski definition) is 2. The van der Waals surface area contributed by atoms with Gasteiger partial charge < -0.3 is 4.90 Å². The van der Waals surface area contributed by atoms with Crippen molar-refractivity contribution >= 4 is 28.3 Å². The van der Waals surface area contributed by atoms with Crippen molar-refractivity contribution in [1.29, 1.82) is 0 Å². The van der Waals surface area contributed by atoms with Gasteiger partial charge in [-0.15, -0.1) is 0 Å². The molecule has 0 aliphatic carbocycles. The van der Waals surface area contributed by atoms with Crippen molar-refractivity contribution in [2.24, 2.45) is 0 Å². The minimum absolute atomic E-state index is 0.339. The highest BCUT2D eigenvalue weighted by Crippen LogP contribution is 2.34. The summed E-state index contributed by atoms with van der Waals surface area (Å²) >= 11 is 6.87. The van der Waals surface area contributed by atoms with Gasteiger partial charge in [0.15, 0.2) is 0 Å². The molecular formula is C6H11NS2. The summed E-state index contributed by atoms with van der Waals surface area (Å²) in [5, 5.41) is 0. The van der Waals surface area contributed by atoms with E-state index >= 15 is 0 Å². The summed E-state index contributed by atoms with van der Waals surface area (Å²) in [6.07, 6.45) is 0. The molecule has 0 unspecified atom stereocenters. The van der Waals surface area contributed by atoms with E-state index in [1.807, 2.05) is 7.05 Å². The van der Waals surface area contributed by atoms with Crippen molar-refractivity contribution in [1.82, 2.24) is 4.90 Å². The first-order valence-electron chi connectivity index (χ1n) is 2.95. The normalized spacial score (nSPS) is 25.2. The number of thioether (sulfide) groups is 1. The van der Waals surface area contributed by atoms with E-state index in [4.69, 9.17) is 12.2 Å². The quantitative estimate of drug-likeness (QED) is 0.498. The van der Waals surface area contributed by atoms with Crippen LogP contribution in [0.2, 0.25) is 0 Å². The highest BCUT2D eigenvalue weighted by molar-refractivity contribution is 8.24. The second-order valence-corrected chi connectivity index (χ2v) is 5.32. The van der Waals surface area contributed by atoms with E-state index in [1.165, 1.54) is 0 Å². The second kappa shape index (κ2) is 2.13. The SMILES string of the molecule is CN1CC(C)(C)SC1=S. The number of hydrogen-bond donors (Lipinski definition) is 0. The van der Waals surface area contributed by atoms with Crippen LogP contribution in [0.1, 0.15) is 13.8 Å². The monoisotopic (exact) mass is 161 g/mol. The molecule has 0 spiro atoms. The van der Waals surface area contributed by atoms with Crippen molar-refractivity contribution in [2.45, 2.75) is 18.6 Å². The molecule has 0 radical (unpaired) electrons. The average molecular weight is 161 g/mol. The lowest BCUT2D eigenvalue weighted by Gasteiger charge is -2.13. The van der Waals surface area contributed by atoms with Crippen molar-refractivity contribution in [3.05, 3.63) is 0 Å². The largest absolute Gasteiger partial charge is 0.359 e. The van der Waals surface area contributed by atoms with Crippen LogP contribution in [0.25, 0.3) is 0 Å². The van der Waals surface area contributed by atoms with Gasteiger partial charge in [0, 0.05) is 18.3 Å². The van der Waals surface area contributed by atoms with E-state index in [-0.39, 0.29) is 0 Å². The molecule has 0 bridgehead atoms. The molecule has 0 aromatic heterocycles. The van der Waals surface area contributed by atoms with Crippen molar-refractivity contribution in [3.8, 4) is 0 Å². The van der Waals surface area contributed by atoms with E-state index in [2.05, 4.69) is 18.7 Å². The summed E-state index contributed by atoms with van der Waals surface area (Å²) in [4.78, 5) is 2.12. The van der Waals surface area contributed by atoms with Crippen LogP contribution in [-0.2, 0) is 0 Å². The predicted octanol–water partition coefficient (Wildman–Crippen LogP) is 1.73. The first-order valence-corrected chi connectivity index (χ1v) is 4.18. The van der Waals surface area contributed by atoms with E-state index in [9.17, 15) is 0 Å². The van der Waals surface area contributed by atoms with Gasteiger partial charge in [-0.1, -0.05) is 24.0 Å². The zero-order valence-electron chi connectivity index (χ0n) is 5.97. The maximum Gasteiger partial charge on any atom is 0.136 e. The number of nitrogens with zero attached hydrogens (tertiary/aromatic N) is 1. The van der Waals surface area contributed by atoms with Gasteiger partial charge in [0.2, 0.25) is 0 Å². The molecule has 1 fully saturated rings. The molecule has 0 N–H and O–H groups in total. The van der Waals surface area contributed by atoms with Crippen LogP contribution in [0.4, 0.5) is 0 Å². The van der Waals surface area contributed by atoms with E-state index in [0.29, 0.717) is 4.75 Å². The maximum absolute atomic E-state index is 5.08. The Labute approximate surface area is 65.8 Å². The molecule has 1 aliphatic heterocycles. The van der Waals surface area contributed by atoms with Gasteiger partial charge >= 0.3 is 0 Å². The van der Waals surface area contributed by atoms with E-state index in [0.717, 1.165) is 10.9 Å². The zero-order valence-corrected chi connectivity index (χ0v) is 7.60. The molecular weight excluding hydrogens is 150 g/mol. The number of thiocarbonyl (C=S) groups is 1. The lowest BCUT2D eigenvalue weighted by atomic mass is 10.2. The fourth-order valence-corrected chi connectivity index (χ4v) is 2.67. The first-order chi connectivity index (χ1) is 4.01. The fraction of sp³-hybridized carbons (Fsp3) is 0.833. The van der Waals surface area contributed by atoms with Gasteiger partial charge in [0.1, 0.15) is 4.32 Å². The van der Waals surface area contributed by atoms with Crippen LogP contribution in [0.3, 0.4) is 0 Å². The lowest BCUT2D eigenvalue weighted by Crippen LogP contribution is -2.23. The Hall–Kier alpha value is 0.240. The Morgan fingerprint density at radius 2 is 2.22 bits per heavy atom. The summed E-state index contributed by atoms with van der Waals surface area (Å²) in [5.41, 5.74) is 0. The van der Waals surface area contributed by atoms with Gasteiger partial charge in [-0.2, -0.15) is 0 Å². The third-order valence-corrected chi connectivity index (χ3v) is 3.02. The van der Waals surface area contributed by atoms with Crippen LogP contribution in [0, 0.1) is 0 Å². The fourth-order valence-electron chi connectivity index (χ4n) is 0.982. The molecule has 1 heterocycles. The lowest BCUT2D eigenvalue weighted by molar-refractivity contribution is 0.482. The van der Waals surface area contributed by atoms with Crippen molar-refractivity contribution in [2.75, 3.05) is 13.6 Å². The molecule has 0 aromatic rings. The average Bonchev–Trinajstić information content (AvgIpc) is 1.79. The smallest absolute Gasteiger partial charge is 0.136 e.